The van der Waals surface area contributed by atoms with Gasteiger partial charge in [-0.25, -0.2) is 9.78 Å². The summed E-state index contributed by atoms with van der Waals surface area (Å²) in [5.41, 5.74) is 6.18. The van der Waals surface area contributed by atoms with Crippen LogP contribution in [0.25, 0.3) is 0 Å². The molecule has 182 valence electrons. The van der Waals surface area contributed by atoms with Crippen LogP contribution in [0, 0.1) is 0 Å². The Bertz CT molecular complexity index is 1080. The van der Waals surface area contributed by atoms with Crippen molar-refractivity contribution in [3.05, 3.63) is 35.0 Å². The van der Waals surface area contributed by atoms with Crippen LogP contribution in [0.3, 0.4) is 0 Å². The summed E-state index contributed by atoms with van der Waals surface area (Å²) in [7, 11) is 1.27. The number of nitrogens with zero attached hydrogens (tertiary/aromatic N) is 3. The Morgan fingerprint density at radius 1 is 1.44 bits per heavy atom. The van der Waals surface area contributed by atoms with Crippen LogP contribution in [-0.2, 0) is 33.5 Å². The minimum absolute atomic E-state index is 0.00194. The standard InChI is InChI=1S/C20H23N5O7S2/c1-5-10-7-33-18-14(23-16(27)13(24-30-4)11-8-34-20(21)22-11)17(28)25(18)15(10)19(29)32-12(6-2)31-9(3)26/h5,8,12,14,18H,1,6-7H2,2-4H3,(H2,21,22)(H,23,27)/b24-13-/t12?,14?,18-/m1/s1. The third kappa shape index (κ3) is 5.07. The van der Waals surface area contributed by atoms with Gasteiger partial charge < -0.3 is 25.4 Å². The van der Waals surface area contributed by atoms with E-state index in [-0.39, 0.29) is 28.7 Å². The lowest BCUT2D eigenvalue weighted by molar-refractivity contribution is -0.186. The monoisotopic (exact) mass is 509 g/mol. The number of hydrogen-bond acceptors (Lipinski definition) is 12. The predicted octanol–water partition coefficient (Wildman–Crippen LogP) is 0.758. The number of nitrogen functional groups attached to an aromatic ring is 1. The van der Waals surface area contributed by atoms with Gasteiger partial charge in [0.2, 0.25) is 6.29 Å². The largest absolute Gasteiger partial charge is 0.425 e. The van der Waals surface area contributed by atoms with E-state index in [9.17, 15) is 19.2 Å². The summed E-state index contributed by atoms with van der Waals surface area (Å²) in [6, 6.07) is -0.930. The second-order valence-electron chi connectivity index (χ2n) is 6.98. The highest BCUT2D eigenvalue weighted by molar-refractivity contribution is 8.00. The lowest BCUT2D eigenvalue weighted by atomic mass is 10.0. The molecule has 1 fully saturated rings. The van der Waals surface area contributed by atoms with E-state index < -0.39 is 41.5 Å². The van der Waals surface area contributed by atoms with Crippen molar-refractivity contribution in [1.29, 1.82) is 0 Å². The summed E-state index contributed by atoms with van der Waals surface area (Å²) in [6.07, 6.45) is 0.596. The van der Waals surface area contributed by atoms with Gasteiger partial charge >= 0.3 is 11.9 Å². The van der Waals surface area contributed by atoms with Crippen LogP contribution < -0.4 is 11.1 Å². The quantitative estimate of drug-likeness (QED) is 0.160. The fourth-order valence-corrected chi connectivity index (χ4v) is 5.13. The molecule has 3 rings (SSSR count). The Morgan fingerprint density at radius 2 is 2.18 bits per heavy atom. The number of carbonyl (C=O) groups excluding carboxylic acids is 4. The first-order valence-corrected chi connectivity index (χ1v) is 12.0. The molecule has 1 aromatic rings. The van der Waals surface area contributed by atoms with E-state index in [1.807, 2.05) is 0 Å². The third-order valence-electron chi connectivity index (χ3n) is 4.76. The summed E-state index contributed by atoms with van der Waals surface area (Å²) in [5, 5.41) is 7.54. The Morgan fingerprint density at radius 3 is 2.74 bits per heavy atom. The van der Waals surface area contributed by atoms with Crippen molar-refractivity contribution in [3.63, 3.8) is 0 Å². The van der Waals surface area contributed by atoms with E-state index in [4.69, 9.17) is 20.0 Å². The number of β-lactam (4-membered cyclic amide) rings is 1. The second-order valence-corrected chi connectivity index (χ2v) is 8.98. The lowest BCUT2D eigenvalue weighted by Crippen LogP contribution is -2.71. The maximum absolute atomic E-state index is 13.0. The fraction of sp³-hybridized carbons (Fsp3) is 0.400. The first-order chi connectivity index (χ1) is 16.2. The van der Waals surface area contributed by atoms with E-state index in [1.165, 1.54) is 42.2 Å². The van der Waals surface area contributed by atoms with Gasteiger partial charge in [-0.2, -0.15) is 0 Å². The molecule has 1 aromatic heterocycles. The van der Waals surface area contributed by atoms with Crippen molar-refractivity contribution < 1.29 is 33.5 Å². The number of aromatic nitrogens is 1. The smallest absolute Gasteiger partial charge is 0.358 e. The number of esters is 2. The number of nitrogens with two attached hydrogens (primary N) is 1. The van der Waals surface area contributed by atoms with E-state index in [0.717, 1.165) is 11.3 Å². The normalized spacial score (nSPS) is 20.6. The molecule has 3 N–H and O–H groups in total. The average molecular weight is 510 g/mol. The van der Waals surface area contributed by atoms with Gasteiger partial charge in [-0.3, -0.25) is 19.3 Å². The minimum atomic E-state index is -1.10. The zero-order chi connectivity index (χ0) is 25.0. The number of allylic oxidation sites excluding steroid dienone is 1. The highest BCUT2D eigenvalue weighted by atomic mass is 32.2. The molecule has 2 aliphatic rings. The van der Waals surface area contributed by atoms with Crippen molar-refractivity contribution in [2.24, 2.45) is 5.16 Å². The first kappa shape index (κ1) is 25.2. The number of hydrogen-bond donors (Lipinski definition) is 2. The zero-order valence-corrected chi connectivity index (χ0v) is 20.2. The molecular formula is C20H23N5O7S2. The third-order valence-corrected chi connectivity index (χ3v) is 6.73. The molecule has 0 aromatic carbocycles. The Kier molecular flexibility index (Phi) is 7.94. The van der Waals surface area contributed by atoms with Crippen molar-refractivity contribution in [2.45, 2.75) is 38.0 Å². The number of amides is 2. The highest BCUT2D eigenvalue weighted by Gasteiger charge is 2.54. The number of thioether (sulfide) groups is 1. The van der Waals surface area contributed by atoms with Crippen molar-refractivity contribution >= 4 is 57.7 Å². The van der Waals surface area contributed by atoms with E-state index in [0.29, 0.717) is 11.3 Å². The van der Waals surface area contributed by atoms with Crippen LogP contribution in [0.2, 0.25) is 0 Å². The molecule has 2 amide bonds. The highest BCUT2D eigenvalue weighted by Crippen LogP contribution is 2.41. The number of carbonyl (C=O) groups is 4. The zero-order valence-electron chi connectivity index (χ0n) is 18.6. The molecule has 14 heteroatoms. The molecule has 2 unspecified atom stereocenters. The maximum Gasteiger partial charge on any atom is 0.358 e. The van der Waals surface area contributed by atoms with E-state index in [2.05, 4.69) is 22.0 Å². The predicted molar refractivity (Wildman–Crippen MR) is 124 cm³/mol. The molecule has 2 aliphatic heterocycles. The average Bonchev–Trinajstić information content (AvgIpc) is 3.24. The van der Waals surface area contributed by atoms with Crippen LogP contribution in [0.1, 0.15) is 26.0 Å². The topological polar surface area (TPSA) is 163 Å². The SMILES string of the molecule is C=CC1=C(C(=O)OC(CC)OC(C)=O)N2C(=O)C(NC(=O)/C(=N\OC)c3csc(N)n3)[C@H]2SC1. The van der Waals surface area contributed by atoms with Gasteiger partial charge in [-0.05, 0) is 5.57 Å². The number of thiazole rings is 1. The summed E-state index contributed by atoms with van der Waals surface area (Å²) in [5.74, 6) is -2.29. The summed E-state index contributed by atoms with van der Waals surface area (Å²) in [6.45, 7) is 6.58. The molecule has 0 bridgehead atoms. The van der Waals surface area contributed by atoms with E-state index in [1.54, 1.807) is 6.92 Å². The van der Waals surface area contributed by atoms with Crippen molar-refractivity contribution in [2.75, 3.05) is 18.6 Å². The Balaban J connectivity index is 1.77. The second kappa shape index (κ2) is 10.7. The number of fused-ring (bicyclic) bond motifs is 1. The Hall–Kier alpha value is -3.39. The van der Waals surface area contributed by atoms with Crippen molar-refractivity contribution in [3.8, 4) is 0 Å². The van der Waals surface area contributed by atoms with Gasteiger partial charge in [0.25, 0.3) is 11.8 Å². The van der Waals surface area contributed by atoms with Gasteiger partial charge in [0.15, 0.2) is 10.8 Å². The maximum atomic E-state index is 13.0. The lowest BCUT2D eigenvalue weighted by Gasteiger charge is -2.49. The van der Waals surface area contributed by atoms with Gasteiger partial charge in [0.1, 0.15) is 29.9 Å². The van der Waals surface area contributed by atoms with Crippen LogP contribution in [0.15, 0.2) is 34.5 Å². The molecule has 0 radical (unpaired) electrons. The summed E-state index contributed by atoms with van der Waals surface area (Å²) in [4.78, 5) is 60.0. The van der Waals surface area contributed by atoms with Crippen LogP contribution in [-0.4, -0.2) is 69.9 Å². The fourth-order valence-electron chi connectivity index (χ4n) is 3.24. The van der Waals surface area contributed by atoms with Crippen LogP contribution in [0.5, 0.6) is 0 Å². The van der Waals surface area contributed by atoms with Gasteiger partial charge in [-0.15, -0.1) is 23.1 Å². The van der Waals surface area contributed by atoms with Crippen LogP contribution >= 0.6 is 23.1 Å². The molecule has 0 saturated carbocycles. The number of anilines is 1. The molecule has 1 saturated heterocycles. The van der Waals surface area contributed by atoms with Crippen LogP contribution in [0.4, 0.5) is 5.13 Å². The minimum Gasteiger partial charge on any atom is -0.425 e. The molecule has 0 aliphatic carbocycles. The molecular weight excluding hydrogens is 486 g/mol. The van der Waals surface area contributed by atoms with Crippen molar-refractivity contribution in [1.82, 2.24) is 15.2 Å². The molecule has 3 heterocycles. The van der Waals surface area contributed by atoms with Gasteiger partial charge in [-0.1, -0.05) is 24.7 Å². The molecule has 12 nitrogen and oxygen atoms in total. The number of ether oxygens (including phenoxy) is 2. The van der Waals surface area contributed by atoms with Gasteiger partial charge in [0, 0.05) is 24.5 Å². The van der Waals surface area contributed by atoms with E-state index >= 15 is 0 Å². The first-order valence-electron chi connectivity index (χ1n) is 10.0. The number of oxime groups is 1. The summed E-state index contributed by atoms with van der Waals surface area (Å²) < 4.78 is 10.3. The number of rotatable bonds is 9. The molecule has 34 heavy (non-hydrogen) atoms. The number of nitrogens with one attached hydrogen (secondary N) is 1. The van der Waals surface area contributed by atoms with Gasteiger partial charge in [0.05, 0.1) is 0 Å². The summed E-state index contributed by atoms with van der Waals surface area (Å²) >= 11 is 2.47. The molecule has 3 atom stereocenters. The molecule has 0 spiro atoms. The Labute approximate surface area is 203 Å².